The van der Waals surface area contributed by atoms with Crippen LogP contribution in [-0.4, -0.2) is 110 Å². The number of aromatic nitrogens is 2. The number of likely N-dealkylation sites (tertiary alicyclic amines) is 2. The first kappa shape index (κ1) is 27.6. The van der Waals surface area contributed by atoms with Gasteiger partial charge in [0, 0.05) is 68.2 Å². The number of hydrogen-bond acceptors (Lipinski definition) is 7. The Morgan fingerprint density at radius 3 is 2.50 bits per heavy atom. The molecule has 4 aliphatic rings. The van der Waals surface area contributed by atoms with Gasteiger partial charge in [0.15, 0.2) is 0 Å². The molecule has 0 spiro atoms. The minimum Gasteiger partial charge on any atom is -0.381 e. The molecule has 0 atom stereocenters. The number of H-pyrrole nitrogens is 1. The molecule has 38 heavy (non-hydrogen) atoms. The van der Waals surface area contributed by atoms with E-state index < -0.39 is 0 Å². The molecule has 0 radical (unpaired) electrons. The third-order valence-electron chi connectivity index (χ3n) is 8.00. The number of thioether (sulfide) groups is 1. The number of benzene rings is 1. The first-order chi connectivity index (χ1) is 18.6. The third kappa shape index (κ3) is 6.77. The molecule has 1 aromatic carbocycles. The van der Waals surface area contributed by atoms with E-state index in [1.165, 1.54) is 95.3 Å². The Kier molecular flexibility index (Phi) is 9.72. The van der Waals surface area contributed by atoms with Crippen LogP contribution in [-0.2, 0) is 15.2 Å². The summed E-state index contributed by atoms with van der Waals surface area (Å²) in [5.74, 6) is 0.325. The summed E-state index contributed by atoms with van der Waals surface area (Å²) in [6.07, 6.45) is 7.21. The summed E-state index contributed by atoms with van der Waals surface area (Å²) in [5.41, 5.74) is 3.08. The smallest absolute Gasteiger partial charge is 0.272 e. The maximum absolute atomic E-state index is 13.3. The van der Waals surface area contributed by atoms with Crippen LogP contribution in [0.4, 0.5) is 4.39 Å². The van der Waals surface area contributed by atoms with E-state index in [-0.39, 0.29) is 11.7 Å². The van der Waals surface area contributed by atoms with Gasteiger partial charge in [0.25, 0.3) is 5.91 Å². The summed E-state index contributed by atoms with van der Waals surface area (Å²) < 4.78 is 24.0. The van der Waals surface area contributed by atoms with Crippen LogP contribution in [0.3, 0.4) is 0 Å². The number of aromatic amines is 1. The van der Waals surface area contributed by atoms with Crippen molar-refractivity contribution in [2.75, 3.05) is 72.7 Å². The van der Waals surface area contributed by atoms with Gasteiger partial charge in [-0.15, -0.1) is 11.8 Å². The molecule has 0 aliphatic carbocycles. The number of rotatable bonds is 5. The molecule has 0 bridgehead atoms. The number of methoxy groups -OCH3 is 1. The van der Waals surface area contributed by atoms with Crippen LogP contribution in [0, 0.1) is 5.82 Å². The molecule has 0 unspecified atom stereocenters. The maximum atomic E-state index is 13.3. The summed E-state index contributed by atoms with van der Waals surface area (Å²) in [6.45, 7) is 9.98. The molecule has 0 saturated carbocycles. The van der Waals surface area contributed by atoms with Gasteiger partial charge in [-0.05, 0) is 57.0 Å². The second-order valence-electron chi connectivity index (χ2n) is 10.4. The molecule has 3 fully saturated rings. The van der Waals surface area contributed by atoms with Gasteiger partial charge in [-0.3, -0.25) is 9.89 Å². The second-order valence-corrected chi connectivity index (χ2v) is 11.5. The van der Waals surface area contributed by atoms with Gasteiger partial charge >= 0.3 is 0 Å². The molecular formula is C28H40FN5O3S. The number of nitrogens with zero attached hydrogens (tertiary/aromatic N) is 4. The van der Waals surface area contributed by atoms with Crippen molar-refractivity contribution >= 4 is 17.7 Å². The van der Waals surface area contributed by atoms with Crippen LogP contribution >= 0.6 is 11.8 Å². The number of fused-ring (bicyclic) bond motifs is 3. The number of nitrogens with one attached hydrogen (secondary N) is 1. The van der Waals surface area contributed by atoms with Gasteiger partial charge in [0.05, 0.1) is 25.0 Å². The fourth-order valence-corrected chi connectivity index (χ4v) is 6.72. The van der Waals surface area contributed by atoms with Crippen LogP contribution in [0.1, 0.15) is 48.2 Å². The molecule has 1 N–H and O–H groups in total. The molecule has 8 nitrogen and oxygen atoms in total. The summed E-state index contributed by atoms with van der Waals surface area (Å²) in [5, 5.41) is 7.18. The van der Waals surface area contributed by atoms with Crippen molar-refractivity contribution in [2.24, 2.45) is 0 Å². The zero-order valence-electron chi connectivity index (χ0n) is 22.4. The summed E-state index contributed by atoms with van der Waals surface area (Å²) >= 11 is 1.53. The van der Waals surface area contributed by atoms with Crippen LogP contribution in [0.5, 0.6) is 0 Å². The van der Waals surface area contributed by atoms with Crippen molar-refractivity contribution in [1.29, 1.82) is 0 Å². The van der Waals surface area contributed by atoms with Gasteiger partial charge in [-0.25, -0.2) is 4.39 Å². The number of morpholine rings is 1. The quantitative estimate of drug-likeness (QED) is 0.611. The van der Waals surface area contributed by atoms with E-state index in [2.05, 4.69) is 20.0 Å². The molecule has 10 heteroatoms. The van der Waals surface area contributed by atoms with Gasteiger partial charge in [-0.2, -0.15) is 5.10 Å². The first-order valence-corrected chi connectivity index (χ1v) is 15.0. The highest BCUT2D eigenvalue weighted by molar-refractivity contribution is 7.98. The van der Waals surface area contributed by atoms with Crippen molar-refractivity contribution in [2.45, 2.75) is 48.9 Å². The number of hydrogen-bond donors (Lipinski definition) is 1. The Morgan fingerprint density at radius 1 is 1.08 bits per heavy atom. The molecular weight excluding hydrogens is 505 g/mol. The number of carbonyl (C=O) groups is 1. The molecule has 6 rings (SSSR count). The number of amides is 1. The van der Waals surface area contributed by atoms with Crippen LogP contribution < -0.4 is 0 Å². The fourth-order valence-electron chi connectivity index (χ4n) is 5.63. The Labute approximate surface area is 229 Å². The second kappa shape index (κ2) is 13.4. The number of ether oxygens (including phenoxy) is 2. The van der Waals surface area contributed by atoms with Crippen LogP contribution in [0.2, 0.25) is 0 Å². The largest absolute Gasteiger partial charge is 0.381 e. The zero-order chi connectivity index (χ0) is 26.3. The predicted octanol–water partition coefficient (Wildman–Crippen LogP) is 3.88. The maximum Gasteiger partial charge on any atom is 0.272 e. The van der Waals surface area contributed by atoms with E-state index in [4.69, 9.17) is 9.47 Å². The molecule has 3 saturated heterocycles. The normalized spacial score (nSPS) is 20.8. The Balaban J connectivity index is 0.000000163. The van der Waals surface area contributed by atoms with E-state index in [0.717, 1.165) is 21.7 Å². The Morgan fingerprint density at radius 2 is 1.79 bits per heavy atom. The average molecular weight is 546 g/mol. The monoisotopic (exact) mass is 545 g/mol. The van der Waals surface area contributed by atoms with E-state index >= 15 is 0 Å². The lowest BCUT2D eigenvalue weighted by molar-refractivity contribution is 0.0298. The van der Waals surface area contributed by atoms with Gasteiger partial charge in [-0.1, -0.05) is 6.42 Å². The SMILES string of the molecule is COC1CCN(CCN2CCCCC2)CC1.O=C(c1[nH]nc2c1CSc1cc(F)ccc1-2)N1CCOCC1. The molecule has 208 valence electrons. The van der Waals surface area contributed by atoms with Crippen molar-refractivity contribution in [3.63, 3.8) is 0 Å². The van der Waals surface area contributed by atoms with Crippen molar-refractivity contribution < 1.29 is 18.7 Å². The number of halogens is 1. The molecule has 4 aliphatic heterocycles. The summed E-state index contributed by atoms with van der Waals surface area (Å²) in [7, 11) is 1.84. The number of piperidine rings is 2. The topological polar surface area (TPSA) is 73.9 Å². The zero-order valence-corrected chi connectivity index (χ0v) is 23.2. The van der Waals surface area contributed by atoms with E-state index in [9.17, 15) is 9.18 Å². The average Bonchev–Trinajstić information content (AvgIpc) is 3.42. The van der Waals surface area contributed by atoms with E-state index in [1.807, 2.05) is 7.11 Å². The molecule has 1 aromatic heterocycles. The predicted molar refractivity (Wildman–Crippen MR) is 147 cm³/mol. The molecule has 5 heterocycles. The van der Waals surface area contributed by atoms with Crippen LogP contribution in [0.15, 0.2) is 23.1 Å². The van der Waals surface area contributed by atoms with Gasteiger partial charge in [0.2, 0.25) is 0 Å². The number of carbonyl (C=O) groups excluding carboxylic acids is 1. The molecule has 1 amide bonds. The van der Waals surface area contributed by atoms with Crippen molar-refractivity contribution in [3.05, 3.63) is 35.3 Å². The highest BCUT2D eigenvalue weighted by Crippen LogP contribution is 2.42. The van der Waals surface area contributed by atoms with Gasteiger partial charge < -0.3 is 24.2 Å². The third-order valence-corrected chi connectivity index (χ3v) is 9.08. The first-order valence-electron chi connectivity index (χ1n) is 14.0. The Bertz CT molecular complexity index is 1060. The lowest BCUT2D eigenvalue weighted by Crippen LogP contribution is -2.42. The molecule has 2 aromatic rings. The minimum absolute atomic E-state index is 0.0387. The fraction of sp³-hybridized carbons (Fsp3) is 0.643. The van der Waals surface area contributed by atoms with Crippen LogP contribution in [0.25, 0.3) is 11.3 Å². The van der Waals surface area contributed by atoms with E-state index in [0.29, 0.717) is 43.9 Å². The van der Waals surface area contributed by atoms with Crippen molar-refractivity contribution in [3.8, 4) is 11.3 Å². The highest BCUT2D eigenvalue weighted by Gasteiger charge is 2.29. The minimum atomic E-state index is -0.255. The van der Waals surface area contributed by atoms with E-state index in [1.54, 1.807) is 11.0 Å². The van der Waals surface area contributed by atoms with Gasteiger partial charge in [0.1, 0.15) is 11.5 Å². The highest BCUT2D eigenvalue weighted by atomic mass is 32.2. The standard InChI is InChI=1S/C15H14FN3O2S.C13H26N2O/c16-9-1-2-10-12(7-9)22-8-11-13(10)17-18-14(11)15(20)19-3-5-21-6-4-19;1-16-13-5-9-15(10-6-13)12-11-14-7-3-2-4-8-14/h1-2,7H,3-6,8H2,(H,17,18);13H,2-12H2,1H3. The lowest BCUT2D eigenvalue weighted by atomic mass is 10.1. The van der Waals surface area contributed by atoms with Crippen molar-refractivity contribution in [1.82, 2.24) is 24.9 Å². The summed E-state index contributed by atoms with van der Waals surface area (Å²) in [6, 6.07) is 4.66. The lowest BCUT2D eigenvalue weighted by Gasteiger charge is -2.34. The summed E-state index contributed by atoms with van der Waals surface area (Å²) in [4.78, 5) is 20.5. The Hall–Kier alpha value is -1.98.